The van der Waals surface area contributed by atoms with Crippen LogP contribution in [0.1, 0.15) is 19.4 Å². The second kappa shape index (κ2) is 8.46. The number of carbonyl (C=O) groups is 1. The number of rotatable bonds is 7. The molecule has 1 N–H and O–H groups in total. The van der Waals surface area contributed by atoms with Crippen molar-refractivity contribution >= 4 is 22.0 Å². The Morgan fingerprint density at radius 2 is 2.00 bits per heavy atom. The lowest BCUT2D eigenvalue weighted by Gasteiger charge is -2.15. The largest absolute Gasteiger partial charge is 0.341 e. The third-order valence-electron chi connectivity index (χ3n) is 3.09. The van der Waals surface area contributed by atoms with Gasteiger partial charge in [0.1, 0.15) is 0 Å². The average Bonchev–Trinajstić information content (AvgIpc) is 2.52. The highest BCUT2D eigenvalue weighted by atomic mass is 32.2. The highest BCUT2D eigenvalue weighted by Crippen LogP contribution is 2.11. The molecule has 0 heterocycles. The Morgan fingerprint density at radius 1 is 1.39 bits per heavy atom. The summed E-state index contributed by atoms with van der Waals surface area (Å²) in [6.45, 7) is 4.15. The van der Waals surface area contributed by atoms with Crippen LogP contribution in [0, 0.1) is 17.2 Å². The lowest BCUT2D eigenvalue weighted by molar-refractivity contribution is -0.125. The fraction of sp³-hybridized carbons (Fsp3) is 0.375. The SMILES string of the molecule is CCNS(=O)(=O)c1ccc(/C=C/C(=O)N(C)C[C@H](C)C#N)cc1. The van der Waals surface area contributed by atoms with Crippen LogP contribution in [-0.4, -0.2) is 39.4 Å². The number of amides is 1. The molecule has 0 radical (unpaired) electrons. The van der Waals surface area contributed by atoms with E-state index in [-0.39, 0.29) is 16.7 Å². The van der Waals surface area contributed by atoms with Gasteiger partial charge in [0.2, 0.25) is 15.9 Å². The summed E-state index contributed by atoms with van der Waals surface area (Å²) in [7, 11) is -1.84. The Hall–Kier alpha value is -2.17. The molecule has 0 unspecified atom stereocenters. The molecule has 0 aromatic heterocycles. The summed E-state index contributed by atoms with van der Waals surface area (Å²) in [6.07, 6.45) is 3.01. The molecule has 0 bridgehead atoms. The van der Waals surface area contributed by atoms with Crippen LogP contribution in [0.2, 0.25) is 0 Å². The maximum Gasteiger partial charge on any atom is 0.246 e. The first-order chi connectivity index (χ1) is 10.8. The van der Waals surface area contributed by atoms with E-state index in [1.165, 1.54) is 23.1 Å². The van der Waals surface area contributed by atoms with Crippen molar-refractivity contribution in [1.29, 1.82) is 5.26 Å². The first kappa shape index (κ1) is 18.9. The summed E-state index contributed by atoms with van der Waals surface area (Å²) in [4.78, 5) is 13.6. The van der Waals surface area contributed by atoms with E-state index in [1.807, 2.05) is 0 Å². The first-order valence-electron chi connectivity index (χ1n) is 7.22. The fourth-order valence-corrected chi connectivity index (χ4v) is 2.91. The highest BCUT2D eigenvalue weighted by Gasteiger charge is 2.12. The normalized spacial score (nSPS) is 12.8. The first-order valence-corrected chi connectivity index (χ1v) is 8.71. The zero-order chi connectivity index (χ0) is 17.5. The quantitative estimate of drug-likeness (QED) is 0.767. The molecule has 0 saturated carbocycles. The van der Waals surface area contributed by atoms with E-state index in [0.29, 0.717) is 13.1 Å². The summed E-state index contributed by atoms with van der Waals surface area (Å²) in [5.41, 5.74) is 0.718. The smallest absolute Gasteiger partial charge is 0.246 e. The minimum Gasteiger partial charge on any atom is -0.341 e. The molecular formula is C16H21N3O3S. The zero-order valence-electron chi connectivity index (χ0n) is 13.5. The van der Waals surface area contributed by atoms with Gasteiger partial charge in [-0.3, -0.25) is 4.79 Å². The standard InChI is InChI=1S/C16H21N3O3S/c1-4-18-23(21,22)15-8-5-14(6-9-15)7-10-16(20)19(3)12-13(2)11-17/h5-10,13,18H,4,12H2,1-3H3/b10-7+/t13-/m1/s1. The van der Waals surface area contributed by atoms with Crippen molar-refractivity contribution < 1.29 is 13.2 Å². The molecule has 23 heavy (non-hydrogen) atoms. The minimum atomic E-state index is -3.47. The van der Waals surface area contributed by atoms with Gasteiger partial charge in [-0.15, -0.1) is 0 Å². The predicted molar refractivity (Wildman–Crippen MR) is 88.8 cm³/mol. The third kappa shape index (κ3) is 5.85. The maximum atomic E-state index is 11.9. The van der Waals surface area contributed by atoms with Crippen molar-refractivity contribution in [3.05, 3.63) is 35.9 Å². The molecular weight excluding hydrogens is 314 g/mol. The second-order valence-corrected chi connectivity index (χ2v) is 6.92. The Bertz CT molecular complexity index is 703. The molecule has 1 amide bonds. The lowest BCUT2D eigenvalue weighted by atomic mass is 10.2. The van der Waals surface area contributed by atoms with Crippen LogP contribution in [-0.2, 0) is 14.8 Å². The van der Waals surface area contributed by atoms with Crippen molar-refractivity contribution in [2.24, 2.45) is 5.92 Å². The van der Waals surface area contributed by atoms with E-state index in [4.69, 9.17) is 5.26 Å². The minimum absolute atomic E-state index is 0.183. The van der Waals surface area contributed by atoms with Crippen molar-refractivity contribution in [3.63, 3.8) is 0 Å². The monoisotopic (exact) mass is 335 g/mol. The number of likely N-dealkylation sites (N-methyl/N-ethyl adjacent to an activating group) is 1. The Labute approximate surface area is 137 Å². The number of nitrogens with one attached hydrogen (secondary N) is 1. The Morgan fingerprint density at radius 3 is 2.52 bits per heavy atom. The molecule has 0 saturated heterocycles. The van der Waals surface area contributed by atoms with Gasteiger partial charge in [0.15, 0.2) is 0 Å². The van der Waals surface area contributed by atoms with Crippen molar-refractivity contribution in [2.45, 2.75) is 18.7 Å². The number of hydrogen-bond donors (Lipinski definition) is 1. The van der Waals surface area contributed by atoms with Crippen LogP contribution in [0.5, 0.6) is 0 Å². The average molecular weight is 335 g/mol. The van der Waals surface area contributed by atoms with Gasteiger partial charge in [-0.1, -0.05) is 19.1 Å². The molecule has 0 aliphatic heterocycles. The molecule has 7 heteroatoms. The maximum absolute atomic E-state index is 11.9. The van der Waals surface area contributed by atoms with Crippen LogP contribution in [0.25, 0.3) is 6.08 Å². The fourth-order valence-electron chi connectivity index (χ4n) is 1.87. The third-order valence-corrected chi connectivity index (χ3v) is 4.65. The molecule has 0 aliphatic rings. The molecule has 1 aromatic carbocycles. The summed E-state index contributed by atoms with van der Waals surface area (Å²) >= 11 is 0. The van der Waals surface area contributed by atoms with Gasteiger partial charge in [-0.2, -0.15) is 5.26 Å². The second-order valence-electron chi connectivity index (χ2n) is 5.15. The molecule has 1 atom stereocenters. The molecule has 0 spiro atoms. The van der Waals surface area contributed by atoms with E-state index in [2.05, 4.69) is 10.8 Å². The van der Waals surface area contributed by atoms with Gasteiger partial charge in [0.25, 0.3) is 0 Å². The highest BCUT2D eigenvalue weighted by molar-refractivity contribution is 7.89. The van der Waals surface area contributed by atoms with Gasteiger partial charge in [0.05, 0.1) is 16.9 Å². The van der Waals surface area contributed by atoms with E-state index < -0.39 is 10.0 Å². The topological polar surface area (TPSA) is 90.3 Å². The van der Waals surface area contributed by atoms with Crippen LogP contribution >= 0.6 is 0 Å². The number of nitrogens with zero attached hydrogens (tertiary/aromatic N) is 2. The molecule has 1 aromatic rings. The van der Waals surface area contributed by atoms with Crippen molar-refractivity contribution in [3.8, 4) is 6.07 Å². The van der Waals surface area contributed by atoms with Crippen LogP contribution in [0.3, 0.4) is 0 Å². The van der Waals surface area contributed by atoms with Crippen molar-refractivity contribution in [2.75, 3.05) is 20.1 Å². The number of nitriles is 1. The van der Waals surface area contributed by atoms with E-state index in [9.17, 15) is 13.2 Å². The van der Waals surface area contributed by atoms with Crippen LogP contribution in [0.4, 0.5) is 0 Å². The summed E-state index contributed by atoms with van der Waals surface area (Å²) in [5.74, 6) is -0.440. The van der Waals surface area contributed by atoms with Gasteiger partial charge >= 0.3 is 0 Å². The molecule has 1 rings (SSSR count). The summed E-state index contributed by atoms with van der Waals surface area (Å²) in [5, 5.41) is 8.74. The predicted octanol–water partition coefficient (Wildman–Crippen LogP) is 1.62. The number of benzene rings is 1. The van der Waals surface area contributed by atoms with Crippen LogP contribution < -0.4 is 4.72 Å². The Kier molecular flexibility index (Phi) is 6.94. The van der Waals surface area contributed by atoms with Gasteiger partial charge in [0, 0.05) is 26.2 Å². The number of sulfonamides is 1. The van der Waals surface area contributed by atoms with E-state index in [1.54, 1.807) is 39.1 Å². The summed E-state index contributed by atoms with van der Waals surface area (Å²) in [6, 6.07) is 8.32. The van der Waals surface area contributed by atoms with Crippen molar-refractivity contribution in [1.82, 2.24) is 9.62 Å². The van der Waals surface area contributed by atoms with Crippen LogP contribution in [0.15, 0.2) is 35.2 Å². The van der Waals surface area contributed by atoms with Gasteiger partial charge in [-0.25, -0.2) is 13.1 Å². The molecule has 0 aliphatic carbocycles. The Balaban J connectivity index is 2.75. The van der Waals surface area contributed by atoms with E-state index >= 15 is 0 Å². The molecule has 0 fully saturated rings. The zero-order valence-corrected chi connectivity index (χ0v) is 14.3. The lowest BCUT2D eigenvalue weighted by Crippen LogP contribution is -2.29. The number of carbonyl (C=O) groups excluding carboxylic acids is 1. The molecule has 6 nitrogen and oxygen atoms in total. The van der Waals surface area contributed by atoms with E-state index in [0.717, 1.165) is 5.56 Å². The molecule has 124 valence electrons. The summed E-state index contributed by atoms with van der Waals surface area (Å²) < 4.78 is 26.0. The van der Waals surface area contributed by atoms with Gasteiger partial charge in [-0.05, 0) is 30.7 Å². The van der Waals surface area contributed by atoms with Gasteiger partial charge < -0.3 is 4.90 Å². The number of hydrogen-bond acceptors (Lipinski definition) is 4.